The molecule has 0 unspecified atom stereocenters. The van der Waals surface area contributed by atoms with Crippen LogP contribution in [0, 0.1) is 0 Å². The molecule has 0 aromatic heterocycles. The lowest BCUT2D eigenvalue weighted by Gasteiger charge is -2.28. The maximum absolute atomic E-state index is 12.3. The van der Waals surface area contributed by atoms with Crippen LogP contribution in [0.15, 0.2) is 24.3 Å². The highest BCUT2D eigenvalue weighted by molar-refractivity contribution is 6.01. The predicted octanol–water partition coefficient (Wildman–Crippen LogP) is 2.01. The molecule has 5 nitrogen and oxygen atoms in total. The molecule has 1 atom stereocenters. The van der Waals surface area contributed by atoms with Gasteiger partial charge in [-0.2, -0.15) is 0 Å². The van der Waals surface area contributed by atoms with Crippen LogP contribution in [0.2, 0.25) is 0 Å². The normalized spacial score (nSPS) is 18.1. The third kappa shape index (κ3) is 2.70. The topological polar surface area (TPSA) is 69.6 Å². The van der Waals surface area contributed by atoms with Crippen LogP contribution in [0.5, 0.6) is 0 Å². The van der Waals surface area contributed by atoms with Crippen molar-refractivity contribution in [2.75, 3.05) is 4.90 Å². The summed E-state index contributed by atoms with van der Waals surface area (Å²) < 4.78 is 0. The Labute approximate surface area is 112 Å². The maximum atomic E-state index is 12.3. The largest absolute Gasteiger partial charge is 0.480 e. The Hall–Kier alpha value is -2.04. The first-order valence-electron chi connectivity index (χ1n) is 6.22. The highest BCUT2D eigenvalue weighted by Gasteiger charge is 2.39. The first kappa shape index (κ1) is 13.4. The molecule has 2 amide bonds. The molecule has 1 aromatic carbocycles. The molecule has 1 aliphatic heterocycles. The van der Waals surface area contributed by atoms with Crippen LogP contribution in [-0.4, -0.2) is 28.7 Å². The fraction of sp³-hybridized carbons (Fsp3) is 0.429. The summed E-state index contributed by atoms with van der Waals surface area (Å²) in [5.41, 5.74) is 1.16. The van der Waals surface area contributed by atoms with E-state index < -0.39 is 17.6 Å². The van der Waals surface area contributed by atoms with Crippen LogP contribution in [-0.2, 0) is 11.2 Å². The zero-order chi connectivity index (χ0) is 14.2. The molecule has 0 spiro atoms. The van der Waals surface area contributed by atoms with Gasteiger partial charge in [0.15, 0.2) is 0 Å². The lowest BCUT2D eigenvalue weighted by molar-refractivity contribution is -0.138. The van der Waals surface area contributed by atoms with E-state index in [1.54, 1.807) is 12.1 Å². The molecule has 2 N–H and O–H groups in total. The number of nitrogens with zero attached hydrogens (tertiary/aromatic N) is 1. The van der Waals surface area contributed by atoms with Gasteiger partial charge in [0.1, 0.15) is 6.04 Å². The van der Waals surface area contributed by atoms with E-state index in [4.69, 9.17) is 0 Å². The van der Waals surface area contributed by atoms with Gasteiger partial charge in [0.05, 0.1) is 0 Å². The predicted molar refractivity (Wildman–Crippen MR) is 72.3 cm³/mol. The molecule has 102 valence electrons. The number of anilines is 1. The molecule has 0 fully saturated rings. The fourth-order valence-electron chi connectivity index (χ4n) is 2.22. The van der Waals surface area contributed by atoms with Crippen molar-refractivity contribution in [1.82, 2.24) is 5.32 Å². The number of amides is 2. The third-order valence-corrected chi connectivity index (χ3v) is 2.96. The summed E-state index contributed by atoms with van der Waals surface area (Å²) in [6, 6.07) is 6.09. The summed E-state index contributed by atoms with van der Waals surface area (Å²) in [7, 11) is 0. The molecule has 0 radical (unpaired) electrons. The molecular weight excluding hydrogens is 244 g/mol. The van der Waals surface area contributed by atoms with Crippen molar-refractivity contribution in [1.29, 1.82) is 0 Å². The number of fused-ring (bicyclic) bond motifs is 1. The van der Waals surface area contributed by atoms with Crippen molar-refractivity contribution < 1.29 is 14.7 Å². The van der Waals surface area contributed by atoms with Crippen LogP contribution in [0.3, 0.4) is 0 Å². The van der Waals surface area contributed by atoms with Crippen molar-refractivity contribution in [2.24, 2.45) is 0 Å². The van der Waals surface area contributed by atoms with Crippen LogP contribution >= 0.6 is 0 Å². The zero-order valence-corrected chi connectivity index (χ0v) is 11.3. The monoisotopic (exact) mass is 262 g/mol. The van der Waals surface area contributed by atoms with Gasteiger partial charge in [-0.05, 0) is 32.4 Å². The number of carboxylic acids is 1. The van der Waals surface area contributed by atoms with Crippen molar-refractivity contribution in [3.8, 4) is 0 Å². The van der Waals surface area contributed by atoms with E-state index in [1.807, 2.05) is 32.9 Å². The van der Waals surface area contributed by atoms with Crippen molar-refractivity contribution >= 4 is 17.7 Å². The lowest BCUT2D eigenvalue weighted by Crippen LogP contribution is -2.53. The van der Waals surface area contributed by atoms with E-state index in [9.17, 15) is 14.7 Å². The Kier molecular flexibility index (Phi) is 3.22. The Morgan fingerprint density at radius 3 is 2.53 bits per heavy atom. The summed E-state index contributed by atoms with van der Waals surface area (Å²) >= 11 is 0. The molecule has 19 heavy (non-hydrogen) atoms. The van der Waals surface area contributed by atoms with Crippen LogP contribution in [0.25, 0.3) is 0 Å². The van der Waals surface area contributed by atoms with Crippen molar-refractivity contribution in [2.45, 2.75) is 38.8 Å². The quantitative estimate of drug-likeness (QED) is 0.813. The van der Waals surface area contributed by atoms with Crippen LogP contribution < -0.4 is 10.2 Å². The highest BCUT2D eigenvalue weighted by Crippen LogP contribution is 2.32. The summed E-state index contributed by atoms with van der Waals surface area (Å²) in [4.78, 5) is 25.0. The SMILES string of the molecule is CC(C)(C)NC(=O)N1c2ccccc2C[C@@H]1C(=O)O. The number of carboxylic acid groups (broad SMARTS) is 1. The lowest BCUT2D eigenvalue weighted by atomic mass is 10.1. The van der Waals surface area contributed by atoms with Gasteiger partial charge in [0.25, 0.3) is 0 Å². The van der Waals surface area contributed by atoms with E-state index in [2.05, 4.69) is 5.32 Å². The van der Waals surface area contributed by atoms with E-state index >= 15 is 0 Å². The molecule has 1 aromatic rings. The summed E-state index contributed by atoms with van der Waals surface area (Å²) in [5.74, 6) is -0.986. The first-order valence-corrected chi connectivity index (χ1v) is 6.22. The third-order valence-electron chi connectivity index (χ3n) is 2.96. The van der Waals surface area contributed by atoms with Gasteiger partial charge in [-0.1, -0.05) is 18.2 Å². The Morgan fingerprint density at radius 2 is 1.95 bits per heavy atom. The molecule has 2 rings (SSSR count). The van der Waals surface area contributed by atoms with Crippen molar-refractivity contribution in [3.63, 3.8) is 0 Å². The van der Waals surface area contributed by atoms with E-state index in [-0.39, 0.29) is 6.03 Å². The maximum Gasteiger partial charge on any atom is 0.327 e. The number of benzene rings is 1. The van der Waals surface area contributed by atoms with Gasteiger partial charge in [0, 0.05) is 17.6 Å². The molecule has 0 bridgehead atoms. The Morgan fingerprint density at radius 1 is 1.32 bits per heavy atom. The minimum Gasteiger partial charge on any atom is -0.480 e. The molecular formula is C14H18N2O3. The number of hydrogen-bond acceptors (Lipinski definition) is 2. The standard InChI is InChI=1S/C14H18N2O3/c1-14(2,3)15-13(19)16-10-7-5-4-6-9(10)8-11(16)12(17)18/h4-7,11H,8H2,1-3H3,(H,15,19)(H,17,18)/t11-/m1/s1. The molecule has 1 heterocycles. The minimum atomic E-state index is -0.986. The Bertz CT molecular complexity index is 520. The second-order valence-electron chi connectivity index (χ2n) is 5.74. The number of urea groups is 1. The van der Waals surface area contributed by atoms with Gasteiger partial charge in [0.2, 0.25) is 0 Å². The number of nitrogens with one attached hydrogen (secondary N) is 1. The van der Waals surface area contributed by atoms with Crippen LogP contribution in [0.1, 0.15) is 26.3 Å². The van der Waals surface area contributed by atoms with E-state index in [0.717, 1.165) is 5.56 Å². The number of para-hydroxylation sites is 1. The average molecular weight is 262 g/mol. The molecule has 5 heteroatoms. The van der Waals surface area contributed by atoms with E-state index in [1.165, 1.54) is 4.90 Å². The van der Waals surface area contributed by atoms with Gasteiger partial charge in [-0.25, -0.2) is 9.59 Å². The fourth-order valence-corrected chi connectivity index (χ4v) is 2.22. The second kappa shape index (κ2) is 4.57. The summed E-state index contributed by atoms with van der Waals surface area (Å²) in [5, 5.41) is 12.1. The number of rotatable bonds is 1. The molecule has 1 aliphatic rings. The van der Waals surface area contributed by atoms with Crippen molar-refractivity contribution in [3.05, 3.63) is 29.8 Å². The first-order chi connectivity index (χ1) is 8.79. The number of aliphatic carboxylic acids is 1. The summed E-state index contributed by atoms with van der Waals surface area (Å²) in [6.45, 7) is 5.59. The molecule has 0 saturated carbocycles. The van der Waals surface area contributed by atoms with E-state index in [0.29, 0.717) is 12.1 Å². The smallest absolute Gasteiger partial charge is 0.327 e. The van der Waals surface area contributed by atoms with Gasteiger partial charge < -0.3 is 10.4 Å². The minimum absolute atomic E-state index is 0.350. The number of hydrogen-bond donors (Lipinski definition) is 2. The highest BCUT2D eigenvalue weighted by atomic mass is 16.4. The second-order valence-corrected chi connectivity index (χ2v) is 5.74. The average Bonchev–Trinajstić information content (AvgIpc) is 2.65. The molecule has 0 aliphatic carbocycles. The van der Waals surface area contributed by atoms with Gasteiger partial charge in [-0.3, -0.25) is 4.90 Å². The number of carbonyl (C=O) groups excluding carboxylic acids is 1. The van der Waals surface area contributed by atoms with Gasteiger partial charge >= 0.3 is 12.0 Å². The van der Waals surface area contributed by atoms with Crippen LogP contribution in [0.4, 0.5) is 10.5 Å². The Balaban J connectivity index is 2.34. The van der Waals surface area contributed by atoms with Gasteiger partial charge in [-0.15, -0.1) is 0 Å². The molecule has 0 saturated heterocycles. The number of carbonyl (C=O) groups is 2. The summed E-state index contributed by atoms with van der Waals surface area (Å²) in [6.07, 6.45) is 0.350. The zero-order valence-electron chi connectivity index (χ0n) is 11.3.